The molecule has 0 unspecified atom stereocenters. The number of ether oxygens (including phenoxy) is 1. The van der Waals surface area contributed by atoms with Crippen molar-refractivity contribution in [2.24, 2.45) is 10.9 Å². The average Bonchev–Trinajstić information content (AvgIpc) is 1.87. The Kier molecular flexibility index (Phi) is 3.15. The van der Waals surface area contributed by atoms with E-state index in [1.54, 1.807) is 7.11 Å². The lowest BCUT2D eigenvalue weighted by Gasteiger charge is -2.21. The van der Waals surface area contributed by atoms with Gasteiger partial charge in [-0.2, -0.15) is 0 Å². The molecule has 10 heavy (non-hydrogen) atoms. The van der Waals surface area contributed by atoms with Crippen LogP contribution in [0.15, 0.2) is 5.16 Å². The molecule has 0 aliphatic rings. The van der Waals surface area contributed by atoms with Crippen LogP contribution >= 0.6 is 0 Å². The van der Waals surface area contributed by atoms with E-state index < -0.39 is 0 Å². The number of methoxy groups -OCH3 is 1. The van der Waals surface area contributed by atoms with Crippen molar-refractivity contribution in [2.45, 2.75) is 25.9 Å². The quantitative estimate of drug-likeness (QED) is 0.264. The van der Waals surface area contributed by atoms with Gasteiger partial charge in [-0.3, -0.25) is 0 Å². The summed E-state index contributed by atoms with van der Waals surface area (Å²) in [6.07, 6.45) is 0.431. The topological polar surface area (TPSA) is 67.8 Å². The number of rotatable bonds is 3. The van der Waals surface area contributed by atoms with Crippen molar-refractivity contribution in [1.82, 2.24) is 0 Å². The third-order valence-electron chi connectivity index (χ3n) is 1.29. The van der Waals surface area contributed by atoms with Gasteiger partial charge in [0.05, 0.1) is 5.60 Å². The van der Waals surface area contributed by atoms with Gasteiger partial charge in [-0.1, -0.05) is 5.16 Å². The van der Waals surface area contributed by atoms with Crippen molar-refractivity contribution >= 4 is 5.84 Å². The molecule has 0 bridgehead atoms. The second kappa shape index (κ2) is 3.41. The predicted octanol–water partition coefficient (Wildman–Crippen LogP) is 0.548. The minimum absolute atomic E-state index is 0.187. The van der Waals surface area contributed by atoms with Gasteiger partial charge >= 0.3 is 0 Å². The minimum Gasteiger partial charge on any atom is -0.409 e. The summed E-state index contributed by atoms with van der Waals surface area (Å²) in [4.78, 5) is 0. The van der Waals surface area contributed by atoms with Crippen LogP contribution in [0.4, 0.5) is 0 Å². The van der Waals surface area contributed by atoms with E-state index in [1.165, 1.54) is 0 Å². The van der Waals surface area contributed by atoms with Crippen LogP contribution in [0.3, 0.4) is 0 Å². The van der Waals surface area contributed by atoms with Crippen LogP contribution in [0, 0.1) is 0 Å². The summed E-state index contributed by atoms with van der Waals surface area (Å²) in [7, 11) is 1.59. The van der Waals surface area contributed by atoms with Gasteiger partial charge in [-0.25, -0.2) is 0 Å². The third kappa shape index (κ3) is 3.29. The number of oxime groups is 1. The van der Waals surface area contributed by atoms with Crippen molar-refractivity contribution in [2.75, 3.05) is 7.11 Å². The van der Waals surface area contributed by atoms with Crippen molar-refractivity contribution < 1.29 is 9.94 Å². The molecule has 0 atom stereocenters. The van der Waals surface area contributed by atoms with Gasteiger partial charge in [0.25, 0.3) is 0 Å². The van der Waals surface area contributed by atoms with E-state index in [0.29, 0.717) is 6.42 Å². The van der Waals surface area contributed by atoms with Gasteiger partial charge in [0.1, 0.15) is 5.84 Å². The van der Waals surface area contributed by atoms with Crippen LogP contribution in [0.2, 0.25) is 0 Å². The second-order valence-corrected chi connectivity index (χ2v) is 2.73. The summed E-state index contributed by atoms with van der Waals surface area (Å²) in [6, 6.07) is 0. The molecule has 3 N–H and O–H groups in total. The van der Waals surface area contributed by atoms with Gasteiger partial charge in [0, 0.05) is 13.5 Å². The van der Waals surface area contributed by atoms with Crippen molar-refractivity contribution in [3.05, 3.63) is 0 Å². The first kappa shape index (κ1) is 9.23. The van der Waals surface area contributed by atoms with Gasteiger partial charge in [-0.05, 0) is 13.8 Å². The van der Waals surface area contributed by atoms with Gasteiger partial charge in [-0.15, -0.1) is 0 Å². The first-order valence-corrected chi connectivity index (χ1v) is 3.03. The minimum atomic E-state index is -0.351. The molecule has 4 nitrogen and oxygen atoms in total. The van der Waals surface area contributed by atoms with Gasteiger partial charge < -0.3 is 15.7 Å². The Bertz CT molecular complexity index is 132. The summed E-state index contributed by atoms with van der Waals surface area (Å²) in [5.41, 5.74) is 4.90. The Hall–Kier alpha value is -0.770. The van der Waals surface area contributed by atoms with Crippen LogP contribution < -0.4 is 5.73 Å². The fourth-order valence-corrected chi connectivity index (χ4v) is 0.544. The van der Waals surface area contributed by atoms with E-state index in [4.69, 9.17) is 15.7 Å². The molecule has 0 aromatic rings. The summed E-state index contributed by atoms with van der Waals surface area (Å²) >= 11 is 0. The number of hydrogen-bond acceptors (Lipinski definition) is 3. The Balaban J connectivity index is 3.88. The highest BCUT2D eigenvalue weighted by Gasteiger charge is 2.17. The standard InChI is InChI=1S/C6H14N2O2/c1-6(2,10-3)4-5(7)8-9/h9H,4H2,1-3H3,(H2,7,8). The Labute approximate surface area is 60.7 Å². The fourth-order valence-electron chi connectivity index (χ4n) is 0.544. The predicted molar refractivity (Wildman–Crippen MR) is 39.1 cm³/mol. The SMILES string of the molecule is COC(C)(C)CC(N)=NO. The third-order valence-corrected chi connectivity index (χ3v) is 1.29. The molecule has 0 saturated heterocycles. The normalized spacial score (nSPS) is 13.7. The first-order chi connectivity index (χ1) is 4.52. The van der Waals surface area contributed by atoms with Crippen molar-refractivity contribution in [1.29, 1.82) is 0 Å². The van der Waals surface area contributed by atoms with E-state index in [1.807, 2.05) is 13.8 Å². The number of nitrogens with two attached hydrogens (primary N) is 1. The molecule has 4 heteroatoms. The lowest BCUT2D eigenvalue weighted by atomic mass is 10.1. The zero-order valence-corrected chi connectivity index (χ0v) is 6.59. The van der Waals surface area contributed by atoms with Crippen LogP contribution in [0.25, 0.3) is 0 Å². The molecule has 0 aromatic heterocycles. The Morgan fingerprint density at radius 3 is 2.50 bits per heavy atom. The average molecular weight is 146 g/mol. The van der Waals surface area contributed by atoms with Gasteiger partial charge in [0.2, 0.25) is 0 Å². The maximum atomic E-state index is 8.20. The zero-order valence-electron chi connectivity index (χ0n) is 6.59. The molecule has 0 saturated carbocycles. The zero-order chi connectivity index (χ0) is 8.20. The van der Waals surface area contributed by atoms with E-state index >= 15 is 0 Å². The molecule has 0 amide bonds. The van der Waals surface area contributed by atoms with Crippen LogP contribution in [0.5, 0.6) is 0 Å². The fraction of sp³-hybridized carbons (Fsp3) is 0.833. The summed E-state index contributed by atoms with van der Waals surface area (Å²) < 4.78 is 5.04. The monoisotopic (exact) mass is 146 g/mol. The Morgan fingerprint density at radius 1 is 1.70 bits per heavy atom. The van der Waals surface area contributed by atoms with Crippen molar-refractivity contribution in [3.63, 3.8) is 0 Å². The number of amidine groups is 1. The molecule has 0 heterocycles. The summed E-state index contributed by atoms with van der Waals surface area (Å²) in [5, 5.41) is 11.0. The highest BCUT2D eigenvalue weighted by molar-refractivity contribution is 5.80. The largest absolute Gasteiger partial charge is 0.409 e. The highest BCUT2D eigenvalue weighted by Crippen LogP contribution is 2.11. The second-order valence-electron chi connectivity index (χ2n) is 2.73. The maximum Gasteiger partial charge on any atom is 0.141 e. The Morgan fingerprint density at radius 2 is 2.20 bits per heavy atom. The maximum absolute atomic E-state index is 8.20. The molecular weight excluding hydrogens is 132 g/mol. The molecule has 0 aliphatic carbocycles. The van der Waals surface area contributed by atoms with Crippen LogP contribution in [0.1, 0.15) is 20.3 Å². The lowest BCUT2D eigenvalue weighted by Crippen LogP contribution is -2.30. The first-order valence-electron chi connectivity index (χ1n) is 3.03. The van der Waals surface area contributed by atoms with E-state index in [9.17, 15) is 0 Å². The molecule has 0 rings (SSSR count). The lowest BCUT2D eigenvalue weighted by molar-refractivity contribution is 0.0284. The van der Waals surface area contributed by atoms with Gasteiger partial charge in [0.15, 0.2) is 0 Å². The molecule has 0 aromatic carbocycles. The van der Waals surface area contributed by atoms with Crippen LogP contribution in [-0.4, -0.2) is 23.8 Å². The summed E-state index contributed by atoms with van der Waals surface area (Å²) in [5.74, 6) is 0.187. The number of nitrogens with zero attached hydrogens (tertiary/aromatic N) is 1. The van der Waals surface area contributed by atoms with E-state index in [-0.39, 0.29) is 11.4 Å². The van der Waals surface area contributed by atoms with E-state index in [2.05, 4.69) is 5.16 Å². The molecule has 0 fully saturated rings. The smallest absolute Gasteiger partial charge is 0.141 e. The molecular formula is C6H14N2O2. The van der Waals surface area contributed by atoms with E-state index in [0.717, 1.165) is 0 Å². The molecule has 0 spiro atoms. The highest BCUT2D eigenvalue weighted by atomic mass is 16.5. The number of hydrogen-bond donors (Lipinski definition) is 2. The summed E-state index contributed by atoms with van der Waals surface area (Å²) in [6.45, 7) is 3.73. The van der Waals surface area contributed by atoms with Crippen LogP contribution in [-0.2, 0) is 4.74 Å². The molecule has 60 valence electrons. The molecule has 0 radical (unpaired) electrons. The van der Waals surface area contributed by atoms with Crippen molar-refractivity contribution in [3.8, 4) is 0 Å². The molecule has 0 aliphatic heterocycles.